The van der Waals surface area contributed by atoms with Crippen LogP contribution in [0.4, 0.5) is 4.79 Å². The molecule has 0 aromatic heterocycles. The number of carbonyl (C=O) groups is 1. The van der Waals surface area contributed by atoms with Crippen molar-refractivity contribution in [3.63, 3.8) is 0 Å². The third kappa shape index (κ3) is 4.08. The summed E-state index contributed by atoms with van der Waals surface area (Å²) in [5, 5.41) is 16.1. The maximum absolute atomic E-state index is 12.2. The van der Waals surface area contributed by atoms with Gasteiger partial charge >= 0.3 is 6.03 Å². The summed E-state index contributed by atoms with van der Waals surface area (Å²) < 4.78 is 6.00. The van der Waals surface area contributed by atoms with Crippen LogP contribution in [-0.4, -0.2) is 35.9 Å². The number of carbonyl (C=O) groups excluding carboxylic acids is 1. The van der Waals surface area contributed by atoms with E-state index in [1.165, 1.54) is 12.8 Å². The molecule has 1 saturated heterocycles. The second kappa shape index (κ2) is 7.53. The van der Waals surface area contributed by atoms with Crippen LogP contribution in [0.5, 0.6) is 0 Å². The molecule has 2 atom stereocenters. The predicted octanol–water partition coefficient (Wildman–Crippen LogP) is 2.82. The van der Waals surface area contributed by atoms with Gasteiger partial charge in [0.2, 0.25) is 0 Å². The van der Waals surface area contributed by atoms with Crippen molar-refractivity contribution in [1.82, 2.24) is 10.6 Å². The van der Waals surface area contributed by atoms with Crippen molar-refractivity contribution in [3.05, 3.63) is 35.4 Å². The zero-order valence-electron chi connectivity index (χ0n) is 14.4. The molecule has 0 bridgehead atoms. The number of benzene rings is 1. The van der Waals surface area contributed by atoms with Crippen LogP contribution in [0.3, 0.4) is 0 Å². The van der Waals surface area contributed by atoms with Crippen LogP contribution in [-0.2, 0) is 4.74 Å². The minimum atomic E-state index is -0.687. The van der Waals surface area contributed by atoms with Gasteiger partial charge in [-0.3, -0.25) is 0 Å². The van der Waals surface area contributed by atoms with Gasteiger partial charge in [0, 0.05) is 19.2 Å². The number of hydrogen-bond donors (Lipinski definition) is 3. The lowest BCUT2D eigenvalue weighted by Crippen LogP contribution is -2.50. The molecule has 2 fully saturated rings. The molecule has 1 spiro atoms. The Bertz CT molecular complexity index is 569. The van der Waals surface area contributed by atoms with Gasteiger partial charge in [0.1, 0.15) is 0 Å². The molecule has 3 rings (SSSR count). The van der Waals surface area contributed by atoms with Crippen LogP contribution >= 0.6 is 0 Å². The molecule has 2 unspecified atom stereocenters. The van der Waals surface area contributed by atoms with Gasteiger partial charge in [0.15, 0.2) is 0 Å². The standard InChI is InChI=1S/C19H28N2O3/c1-14-6-2-3-7-16(14)17(22)13-20-18(23)21-15-8-11-24-19(12-15)9-4-5-10-19/h2-3,6-7,15,17,22H,4-5,8-13H2,1H3,(H2,20,21,23). The number of aliphatic hydroxyl groups is 1. The van der Waals surface area contributed by atoms with Crippen molar-refractivity contribution in [1.29, 1.82) is 0 Å². The summed E-state index contributed by atoms with van der Waals surface area (Å²) in [4.78, 5) is 12.2. The number of nitrogens with one attached hydrogen (secondary N) is 2. The zero-order valence-corrected chi connectivity index (χ0v) is 14.4. The van der Waals surface area contributed by atoms with E-state index in [-0.39, 0.29) is 24.2 Å². The maximum atomic E-state index is 12.2. The van der Waals surface area contributed by atoms with Crippen LogP contribution in [0.15, 0.2) is 24.3 Å². The van der Waals surface area contributed by atoms with Crippen molar-refractivity contribution in [2.75, 3.05) is 13.2 Å². The molecule has 1 aliphatic carbocycles. The third-order valence-electron chi connectivity index (χ3n) is 5.35. The van der Waals surface area contributed by atoms with E-state index in [2.05, 4.69) is 10.6 Å². The van der Waals surface area contributed by atoms with Crippen molar-refractivity contribution in [2.45, 2.75) is 63.2 Å². The first-order valence-corrected chi connectivity index (χ1v) is 9.00. The molecular formula is C19H28N2O3. The molecule has 5 heteroatoms. The van der Waals surface area contributed by atoms with Crippen LogP contribution in [0, 0.1) is 6.92 Å². The van der Waals surface area contributed by atoms with Gasteiger partial charge in [-0.1, -0.05) is 37.1 Å². The molecule has 24 heavy (non-hydrogen) atoms. The molecule has 1 heterocycles. The smallest absolute Gasteiger partial charge is 0.315 e. The van der Waals surface area contributed by atoms with Crippen LogP contribution in [0.25, 0.3) is 0 Å². The Morgan fingerprint density at radius 2 is 2.12 bits per heavy atom. The highest BCUT2D eigenvalue weighted by atomic mass is 16.5. The average Bonchev–Trinajstić information content (AvgIpc) is 3.01. The first-order chi connectivity index (χ1) is 11.6. The van der Waals surface area contributed by atoms with Crippen molar-refractivity contribution >= 4 is 6.03 Å². The van der Waals surface area contributed by atoms with E-state index in [4.69, 9.17) is 4.74 Å². The lowest BCUT2D eigenvalue weighted by Gasteiger charge is -2.38. The van der Waals surface area contributed by atoms with E-state index in [0.717, 1.165) is 43.4 Å². The summed E-state index contributed by atoms with van der Waals surface area (Å²) in [6, 6.07) is 7.64. The molecular weight excluding hydrogens is 304 g/mol. The molecule has 132 valence electrons. The predicted molar refractivity (Wildman–Crippen MR) is 92.8 cm³/mol. The fourth-order valence-electron chi connectivity index (χ4n) is 4.02. The van der Waals surface area contributed by atoms with Crippen LogP contribution < -0.4 is 10.6 Å². The Morgan fingerprint density at radius 3 is 2.88 bits per heavy atom. The van der Waals surface area contributed by atoms with Gasteiger partial charge in [0.05, 0.1) is 11.7 Å². The number of hydrogen-bond acceptors (Lipinski definition) is 3. The van der Waals surface area contributed by atoms with Gasteiger partial charge in [0.25, 0.3) is 0 Å². The minimum Gasteiger partial charge on any atom is -0.387 e. The first kappa shape index (κ1) is 17.2. The Balaban J connectivity index is 1.46. The number of urea groups is 1. The summed E-state index contributed by atoms with van der Waals surface area (Å²) in [5.74, 6) is 0. The fraction of sp³-hybridized carbons (Fsp3) is 0.632. The number of aryl methyl sites for hydroxylation is 1. The summed E-state index contributed by atoms with van der Waals surface area (Å²) in [6.07, 6.45) is 5.74. The quantitative estimate of drug-likeness (QED) is 0.794. The van der Waals surface area contributed by atoms with Crippen molar-refractivity contribution in [3.8, 4) is 0 Å². The molecule has 2 amide bonds. The second-order valence-electron chi connectivity index (χ2n) is 7.16. The van der Waals surface area contributed by atoms with Gasteiger partial charge < -0.3 is 20.5 Å². The second-order valence-corrected chi connectivity index (χ2v) is 7.16. The Morgan fingerprint density at radius 1 is 1.38 bits per heavy atom. The topological polar surface area (TPSA) is 70.6 Å². The van der Waals surface area contributed by atoms with Gasteiger partial charge in [-0.15, -0.1) is 0 Å². The highest BCUT2D eigenvalue weighted by Crippen LogP contribution is 2.39. The largest absolute Gasteiger partial charge is 0.387 e. The van der Waals surface area contributed by atoms with E-state index in [9.17, 15) is 9.90 Å². The molecule has 1 saturated carbocycles. The van der Waals surface area contributed by atoms with E-state index in [1.807, 2.05) is 31.2 Å². The van der Waals surface area contributed by atoms with E-state index in [1.54, 1.807) is 0 Å². The maximum Gasteiger partial charge on any atom is 0.315 e. The van der Waals surface area contributed by atoms with E-state index in [0.29, 0.717) is 0 Å². The molecule has 2 aliphatic rings. The van der Waals surface area contributed by atoms with Gasteiger partial charge in [-0.25, -0.2) is 4.79 Å². The lowest BCUT2D eigenvalue weighted by molar-refractivity contribution is -0.0820. The third-order valence-corrected chi connectivity index (χ3v) is 5.35. The summed E-state index contributed by atoms with van der Waals surface area (Å²) >= 11 is 0. The summed E-state index contributed by atoms with van der Waals surface area (Å²) in [7, 11) is 0. The van der Waals surface area contributed by atoms with Gasteiger partial charge in [-0.2, -0.15) is 0 Å². The summed E-state index contributed by atoms with van der Waals surface area (Å²) in [6.45, 7) is 2.89. The number of amides is 2. The minimum absolute atomic E-state index is 0.00311. The Labute approximate surface area is 143 Å². The fourth-order valence-corrected chi connectivity index (χ4v) is 4.02. The first-order valence-electron chi connectivity index (χ1n) is 9.00. The average molecular weight is 332 g/mol. The molecule has 1 aromatic rings. The Kier molecular flexibility index (Phi) is 5.41. The molecule has 1 aliphatic heterocycles. The molecule has 3 N–H and O–H groups in total. The Hall–Kier alpha value is -1.59. The summed E-state index contributed by atoms with van der Waals surface area (Å²) in [5.41, 5.74) is 1.88. The van der Waals surface area contributed by atoms with E-state index < -0.39 is 6.10 Å². The van der Waals surface area contributed by atoms with Crippen LogP contribution in [0.2, 0.25) is 0 Å². The molecule has 5 nitrogen and oxygen atoms in total. The van der Waals surface area contributed by atoms with Crippen molar-refractivity contribution in [2.24, 2.45) is 0 Å². The van der Waals surface area contributed by atoms with Crippen LogP contribution in [0.1, 0.15) is 55.8 Å². The lowest BCUT2D eigenvalue weighted by atomic mass is 9.89. The highest BCUT2D eigenvalue weighted by Gasteiger charge is 2.40. The molecule has 0 radical (unpaired) electrons. The SMILES string of the molecule is Cc1ccccc1C(O)CNC(=O)NC1CCOC2(CCCC2)C1. The normalized spacial score (nSPS) is 23.8. The monoisotopic (exact) mass is 332 g/mol. The zero-order chi connectivity index (χ0) is 17.0. The van der Waals surface area contributed by atoms with Crippen molar-refractivity contribution < 1.29 is 14.6 Å². The highest BCUT2D eigenvalue weighted by molar-refractivity contribution is 5.74. The number of rotatable bonds is 4. The number of ether oxygens (including phenoxy) is 1. The van der Waals surface area contributed by atoms with E-state index >= 15 is 0 Å². The van der Waals surface area contributed by atoms with Gasteiger partial charge in [-0.05, 0) is 43.7 Å². The molecule has 1 aromatic carbocycles. The number of aliphatic hydroxyl groups excluding tert-OH is 1.